The minimum absolute atomic E-state index is 0.297. The molecule has 0 aromatic heterocycles. The van der Waals surface area contributed by atoms with Crippen LogP contribution in [0.25, 0.3) is 0 Å². The van der Waals surface area contributed by atoms with Crippen LogP contribution in [0.15, 0.2) is 24.3 Å². The zero-order valence-electron chi connectivity index (χ0n) is 8.83. The van der Waals surface area contributed by atoms with E-state index in [2.05, 4.69) is 5.32 Å². The number of carbonyl (C=O) groups excluding carboxylic acids is 1. The van der Waals surface area contributed by atoms with Gasteiger partial charge in [-0.1, -0.05) is 23.7 Å². The van der Waals surface area contributed by atoms with Crippen LogP contribution in [-0.4, -0.2) is 31.8 Å². The summed E-state index contributed by atoms with van der Waals surface area (Å²) >= 11 is 6.00. The lowest BCUT2D eigenvalue weighted by molar-refractivity contribution is -0.161. The predicted molar refractivity (Wildman–Crippen MR) is 60.6 cm³/mol. The van der Waals surface area contributed by atoms with E-state index in [9.17, 15) is 4.79 Å². The molecule has 1 N–H and O–H groups in total. The van der Waals surface area contributed by atoms with Crippen molar-refractivity contribution in [3.8, 4) is 0 Å². The second-order valence-corrected chi connectivity index (χ2v) is 4.08. The zero-order valence-corrected chi connectivity index (χ0v) is 9.58. The predicted octanol–water partition coefficient (Wildman–Crippen LogP) is 1.69. The highest BCUT2D eigenvalue weighted by Crippen LogP contribution is 2.29. The van der Waals surface area contributed by atoms with Crippen LogP contribution < -0.4 is 5.32 Å². The first-order chi connectivity index (χ1) is 7.68. The maximum Gasteiger partial charge on any atom is 0.336 e. The molecule has 4 nitrogen and oxygen atoms in total. The molecule has 0 spiro atoms. The number of ether oxygens (including phenoxy) is 2. The molecule has 1 aliphatic rings. The summed E-state index contributed by atoms with van der Waals surface area (Å²) in [6.07, 6.45) is 0. The summed E-state index contributed by atoms with van der Waals surface area (Å²) in [4.78, 5) is 11.6. The van der Waals surface area contributed by atoms with E-state index in [4.69, 9.17) is 21.1 Å². The third kappa shape index (κ3) is 1.86. The quantitative estimate of drug-likeness (QED) is 0.819. The topological polar surface area (TPSA) is 47.6 Å². The Balaban J connectivity index is 2.19. The fourth-order valence-electron chi connectivity index (χ4n) is 1.56. The number of esters is 1. The van der Waals surface area contributed by atoms with Crippen molar-refractivity contribution in [1.29, 1.82) is 0 Å². The molecule has 0 atom stereocenters. The lowest BCUT2D eigenvalue weighted by Gasteiger charge is -2.39. The molecule has 2 rings (SSSR count). The fraction of sp³-hybridized carbons (Fsp3) is 0.364. The third-order valence-electron chi connectivity index (χ3n) is 2.52. The monoisotopic (exact) mass is 241 g/mol. The molecule has 1 saturated heterocycles. The number of nitrogens with one attached hydrogen (secondary N) is 1. The zero-order chi connectivity index (χ0) is 11.6. The number of carbonyl (C=O) groups is 1. The molecule has 0 amide bonds. The molecular weight excluding hydrogens is 230 g/mol. The van der Waals surface area contributed by atoms with Crippen molar-refractivity contribution in [1.82, 2.24) is 0 Å². The summed E-state index contributed by atoms with van der Waals surface area (Å²) in [5, 5.41) is 3.65. The Morgan fingerprint density at radius 3 is 2.69 bits per heavy atom. The summed E-state index contributed by atoms with van der Waals surface area (Å²) in [5.74, 6) is -0.335. The number of hydrogen-bond donors (Lipinski definition) is 1. The van der Waals surface area contributed by atoms with Crippen molar-refractivity contribution in [3.05, 3.63) is 29.3 Å². The smallest absolute Gasteiger partial charge is 0.336 e. The molecule has 1 aromatic carbocycles. The second kappa shape index (κ2) is 4.31. The molecule has 5 heteroatoms. The number of hydrogen-bond acceptors (Lipinski definition) is 4. The van der Waals surface area contributed by atoms with Gasteiger partial charge in [0.05, 0.1) is 31.0 Å². The van der Waals surface area contributed by atoms with Crippen molar-refractivity contribution < 1.29 is 14.3 Å². The van der Waals surface area contributed by atoms with Crippen molar-refractivity contribution in [2.24, 2.45) is 0 Å². The van der Waals surface area contributed by atoms with Crippen LogP contribution in [0, 0.1) is 0 Å². The summed E-state index contributed by atoms with van der Waals surface area (Å²) in [5.41, 5.74) is -0.0856. The molecule has 0 aliphatic carbocycles. The summed E-state index contributed by atoms with van der Waals surface area (Å²) in [6, 6.07) is 7.24. The van der Waals surface area contributed by atoms with Crippen LogP contribution >= 0.6 is 11.6 Å². The van der Waals surface area contributed by atoms with E-state index in [-0.39, 0.29) is 5.97 Å². The lowest BCUT2D eigenvalue weighted by atomic mass is 9.97. The molecular formula is C11H12ClNO3. The van der Waals surface area contributed by atoms with Gasteiger partial charge in [0.2, 0.25) is 0 Å². The Bertz CT molecular complexity index is 404. The Hall–Kier alpha value is -1.26. The summed E-state index contributed by atoms with van der Waals surface area (Å²) < 4.78 is 9.81. The highest BCUT2D eigenvalue weighted by Gasteiger charge is 2.47. The summed E-state index contributed by atoms with van der Waals surface area (Å²) in [6.45, 7) is 0.593. The molecule has 0 radical (unpaired) electrons. The van der Waals surface area contributed by atoms with Crippen LogP contribution in [0.1, 0.15) is 0 Å². The van der Waals surface area contributed by atoms with E-state index in [1.165, 1.54) is 7.11 Å². The van der Waals surface area contributed by atoms with Gasteiger partial charge >= 0.3 is 5.97 Å². The largest absolute Gasteiger partial charge is 0.467 e. The van der Waals surface area contributed by atoms with Gasteiger partial charge in [-0.15, -0.1) is 0 Å². The van der Waals surface area contributed by atoms with Gasteiger partial charge < -0.3 is 14.8 Å². The van der Waals surface area contributed by atoms with Crippen LogP contribution in [0.2, 0.25) is 5.02 Å². The Kier molecular flexibility index (Phi) is 3.03. The van der Waals surface area contributed by atoms with Crippen LogP contribution in [-0.2, 0) is 14.3 Å². The van der Waals surface area contributed by atoms with Crippen molar-refractivity contribution >= 4 is 23.3 Å². The Morgan fingerprint density at radius 2 is 2.19 bits per heavy atom. The molecule has 0 unspecified atom stereocenters. The first-order valence-electron chi connectivity index (χ1n) is 4.87. The maximum atomic E-state index is 11.6. The second-order valence-electron chi connectivity index (χ2n) is 3.67. The van der Waals surface area contributed by atoms with Gasteiger partial charge in [-0.05, 0) is 12.1 Å². The normalized spacial score (nSPS) is 17.4. The maximum absolute atomic E-state index is 11.6. The first kappa shape index (κ1) is 11.2. The van der Waals surface area contributed by atoms with Crippen molar-refractivity contribution in [2.75, 3.05) is 25.6 Å². The average Bonchev–Trinajstić information content (AvgIpc) is 2.25. The molecule has 86 valence electrons. The number of benzene rings is 1. The van der Waals surface area contributed by atoms with Gasteiger partial charge in [0, 0.05) is 0 Å². The van der Waals surface area contributed by atoms with Gasteiger partial charge in [-0.25, -0.2) is 4.79 Å². The van der Waals surface area contributed by atoms with Gasteiger partial charge in [-0.2, -0.15) is 0 Å². The minimum atomic E-state index is -0.792. The van der Waals surface area contributed by atoms with E-state index < -0.39 is 5.54 Å². The number of anilines is 1. The molecule has 1 aromatic rings. The van der Waals surface area contributed by atoms with E-state index in [1.807, 2.05) is 18.2 Å². The molecule has 0 saturated carbocycles. The van der Waals surface area contributed by atoms with E-state index in [1.54, 1.807) is 6.07 Å². The first-order valence-corrected chi connectivity index (χ1v) is 5.25. The third-order valence-corrected chi connectivity index (χ3v) is 2.85. The van der Waals surface area contributed by atoms with E-state index in [0.29, 0.717) is 23.9 Å². The molecule has 1 heterocycles. The Morgan fingerprint density at radius 1 is 1.50 bits per heavy atom. The molecule has 16 heavy (non-hydrogen) atoms. The fourth-order valence-corrected chi connectivity index (χ4v) is 1.75. The van der Waals surface area contributed by atoms with E-state index >= 15 is 0 Å². The Labute approximate surface area is 98.5 Å². The van der Waals surface area contributed by atoms with Crippen molar-refractivity contribution in [2.45, 2.75) is 5.54 Å². The van der Waals surface area contributed by atoms with Gasteiger partial charge in [-0.3, -0.25) is 0 Å². The molecule has 1 aliphatic heterocycles. The minimum Gasteiger partial charge on any atom is -0.467 e. The van der Waals surface area contributed by atoms with Crippen LogP contribution in [0.5, 0.6) is 0 Å². The summed E-state index contributed by atoms with van der Waals surface area (Å²) in [7, 11) is 1.36. The molecule has 0 bridgehead atoms. The van der Waals surface area contributed by atoms with Gasteiger partial charge in [0.25, 0.3) is 0 Å². The van der Waals surface area contributed by atoms with Crippen LogP contribution in [0.3, 0.4) is 0 Å². The van der Waals surface area contributed by atoms with E-state index in [0.717, 1.165) is 0 Å². The number of halogens is 1. The van der Waals surface area contributed by atoms with Gasteiger partial charge in [0.1, 0.15) is 0 Å². The number of para-hydroxylation sites is 1. The lowest BCUT2D eigenvalue weighted by Crippen LogP contribution is -2.62. The van der Waals surface area contributed by atoms with Crippen LogP contribution in [0.4, 0.5) is 5.69 Å². The van der Waals surface area contributed by atoms with Crippen molar-refractivity contribution in [3.63, 3.8) is 0 Å². The highest BCUT2D eigenvalue weighted by molar-refractivity contribution is 6.33. The standard InChI is InChI=1S/C11H12ClNO3/c1-15-10(14)11(6-16-7-11)13-9-5-3-2-4-8(9)12/h2-5,13H,6-7H2,1H3. The highest BCUT2D eigenvalue weighted by atomic mass is 35.5. The SMILES string of the molecule is COC(=O)C1(Nc2ccccc2Cl)COC1. The number of methoxy groups -OCH3 is 1. The molecule has 1 fully saturated rings. The average molecular weight is 242 g/mol. The number of rotatable bonds is 3. The van der Waals surface area contributed by atoms with Gasteiger partial charge in [0.15, 0.2) is 5.54 Å².